The van der Waals surface area contributed by atoms with Crippen LogP contribution in [-0.4, -0.2) is 19.9 Å². The lowest BCUT2D eigenvalue weighted by Crippen LogP contribution is -2.13. The standard InChI is InChI=1S/C9H9FN6/c1-5-7(10)9(16-11)15-8(14-5)6-4-12-2-3-13-6/h2-4H,11H2,1H3,(H,14,15,16). The Morgan fingerprint density at radius 2 is 2.12 bits per heavy atom. The molecule has 0 amide bonds. The molecule has 0 radical (unpaired) electrons. The molecule has 2 aromatic rings. The summed E-state index contributed by atoms with van der Waals surface area (Å²) < 4.78 is 13.4. The van der Waals surface area contributed by atoms with E-state index in [0.717, 1.165) is 0 Å². The number of nitrogen functional groups attached to an aromatic ring is 1. The largest absolute Gasteiger partial charge is 0.306 e. The number of hydrogen-bond acceptors (Lipinski definition) is 6. The number of rotatable bonds is 2. The number of halogens is 1. The summed E-state index contributed by atoms with van der Waals surface area (Å²) in [5, 5.41) is 0. The number of aryl methyl sites for hydroxylation is 1. The quantitative estimate of drug-likeness (QED) is 0.571. The van der Waals surface area contributed by atoms with E-state index in [1.165, 1.54) is 25.5 Å². The van der Waals surface area contributed by atoms with E-state index in [1.807, 2.05) is 0 Å². The van der Waals surface area contributed by atoms with Crippen LogP contribution in [0.1, 0.15) is 5.69 Å². The Kier molecular flexibility index (Phi) is 2.69. The molecule has 0 aliphatic carbocycles. The van der Waals surface area contributed by atoms with Gasteiger partial charge in [-0.25, -0.2) is 25.2 Å². The first kappa shape index (κ1) is 10.4. The number of anilines is 1. The molecule has 2 aromatic heterocycles. The number of nitrogens with two attached hydrogens (primary N) is 1. The van der Waals surface area contributed by atoms with Crippen molar-refractivity contribution in [2.75, 3.05) is 5.43 Å². The van der Waals surface area contributed by atoms with Crippen molar-refractivity contribution in [1.82, 2.24) is 19.9 Å². The second-order valence-corrected chi connectivity index (χ2v) is 3.03. The molecule has 0 aromatic carbocycles. The first-order valence-corrected chi connectivity index (χ1v) is 4.49. The topological polar surface area (TPSA) is 89.6 Å². The number of nitrogens with zero attached hydrogens (tertiary/aromatic N) is 4. The molecule has 0 aliphatic rings. The molecule has 6 nitrogen and oxygen atoms in total. The zero-order valence-corrected chi connectivity index (χ0v) is 8.48. The van der Waals surface area contributed by atoms with Crippen LogP contribution in [0.2, 0.25) is 0 Å². The van der Waals surface area contributed by atoms with E-state index >= 15 is 0 Å². The second-order valence-electron chi connectivity index (χ2n) is 3.03. The van der Waals surface area contributed by atoms with Gasteiger partial charge in [0, 0.05) is 12.4 Å². The molecule has 2 rings (SSSR count). The predicted octanol–water partition coefficient (Wildman–Crippen LogP) is 0.667. The summed E-state index contributed by atoms with van der Waals surface area (Å²) >= 11 is 0. The van der Waals surface area contributed by atoms with Crippen LogP contribution in [-0.2, 0) is 0 Å². The Hall–Kier alpha value is -2.15. The Bertz CT molecular complexity index is 501. The van der Waals surface area contributed by atoms with E-state index < -0.39 is 5.82 Å². The van der Waals surface area contributed by atoms with Crippen molar-refractivity contribution < 1.29 is 4.39 Å². The molecule has 82 valence electrons. The smallest absolute Gasteiger partial charge is 0.187 e. The lowest BCUT2D eigenvalue weighted by atomic mass is 10.3. The van der Waals surface area contributed by atoms with Crippen molar-refractivity contribution in [3.8, 4) is 11.5 Å². The van der Waals surface area contributed by atoms with Gasteiger partial charge in [-0.15, -0.1) is 0 Å². The molecule has 0 fully saturated rings. The summed E-state index contributed by atoms with van der Waals surface area (Å²) in [6, 6.07) is 0. The van der Waals surface area contributed by atoms with Gasteiger partial charge in [0.15, 0.2) is 17.5 Å². The molecular formula is C9H9FN6. The molecule has 0 spiro atoms. The lowest BCUT2D eigenvalue weighted by molar-refractivity contribution is 0.606. The minimum atomic E-state index is -0.574. The first-order chi connectivity index (χ1) is 7.72. The van der Waals surface area contributed by atoms with Gasteiger partial charge in [0.2, 0.25) is 0 Å². The molecular weight excluding hydrogens is 211 g/mol. The maximum Gasteiger partial charge on any atom is 0.187 e. The predicted molar refractivity (Wildman–Crippen MR) is 55.6 cm³/mol. The molecule has 2 heterocycles. The fraction of sp³-hybridized carbons (Fsp3) is 0.111. The highest BCUT2D eigenvalue weighted by molar-refractivity contribution is 5.52. The van der Waals surface area contributed by atoms with E-state index in [1.54, 1.807) is 0 Å². The summed E-state index contributed by atoms with van der Waals surface area (Å²) in [7, 11) is 0. The van der Waals surface area contributed by atoms with Crippen molar-refractivity contribution in [3.63, 3.8) is 0 Å². The van der Waals surface area contributed by atoms with E-state index in [2.05, 4.69) is 25.4 Å². The van der Waals surface area contributed by atoms with E-state index in [-0.39, 0.29) is 17.3 Å². The molecule has 0 aliphatic heterocycles. The normalized spacial score (nSPS) is 10.2. The van der Waals surface area contributed by atoms with Crippen LogP contribution in [0.25, 0.3) is 11.5 Å². The molecule has 0 saturated heterocycles. The first-order valence-electron chi connectivity index (χ1n) is 4.49. The zero-order chi connectivity index (χ0) is 11.5. The minimum Gasteiger partial charge on any atom is -0.306 e. The molecule has 0 unspecified atom stereocenters. The van der Waals surface area contributed by atoms with Crippen LogP contribution >= 0.6 is 0 Å². The van der Waals surface area contributed by atoms with Gasteiger partial charge in [-0.1, -0.05) is 0 Å². The summed E-state index contributed by atoms with van der Waals surface area (Å²) in [5.74, 6) is 4.79. The fourth-order valence-electron chi connectivity index (χ4n) is 1.18. The highest BCUT2D eigenvalue weighted by atomic mass is 19.1. The molecule has 16 heavy (non-hydrogen) atoms. The van der Waals surface area contributed by atoms with Gasteiger partial charge in [-0.05, 0) is 6.92 Å². The van der Waals surface area contributed by atoms with Gasteiger partial charge in [-0.2, -0.15) is 0 Å². The maximum atomic E-state index is 13.4. The molecule has 0 atom stereocenters. The van der Waals surface area contributed by atoms with E-state index in [4.69, 9.17) is 5.84 Å². The van der Waals surface area contributed by atoms with Gasteiger partial charge in [0.25, 0.3) is 0 Å². The van der Waals surface area contributed by atoms with Crippen LogP contribution in [0.15, 0.2) is 18.6 Å². The Labute approximate surface area is 90.8 Å². The van der Waals surface area contributed by atoms with Crippen LogP contribution in [0.5, 0.6) is 0 Å². The fourth-order valence-corrected chi connectivity index (χ4v) is 1.18. The highest BCUT2D eigenvalue weighted by Gasteiger charge is 2.12. The van der Waals surface area contributed by atoms with Gasteiger partial charge < -0.3 is 5.43 Å². The summed E-state index contributed by atoms with van der Waals surface area (Å²) in [6.45, 7) is 1.53. The summed E-state index contributed by atoms with van der Waals surface area (Å²) in [4.78, 5) is 15.8. The number of aromatic nitrogens is 4. The van der Waals surface area contributed by atoms with Crippen LogP contribution in [0.4, 0.5) is 10.2 Å². The van der Waals surface area contributed by atoms with Crippen molar-refractivity contribution >= 4 is 5.82 Å². The van der Waals surface area contributed by atoms with Crippen molar-refractivity contribution in [1.29, 1.82) is 0 Å². The average Bonchev–Trinajstić information content (AvgIpc) is 2.33. The third kappa shape index (κ3) is 1.80. The van der Waals surface area contributed by atoms with Crippen LogP contribution in [0.3, 0.4) is 0 Å². The Morgan fingerprint density at radius 1 is 1.31 bits per heavy atom. The Morgan fingerprint density at radius 3 is 2.75 bits per heavy atom. The van der Waals surface area contributed by atoms with Gasteiger partial charge in [0.05, 0.1) is 11.9 Å². The molecule has 0 saturated carbocycles. The van der Waals surface area contributed by atoms with Crippen LogP contribution in [0, 0.1) is 12.7 Å². The van der Waals surface area contributed by atoms with Crippen LogP contribution < -0.4 is 11.3 Å². The third-order valence-electron chi connectivity index (χ3n) is 1.95. The van der Waals surface area contributed by atoms with Crippen molar-refractivity contribution in [2.24, 2.45) is 5.84 Å². The number of hydrogen-bond donors (Lipinski definition) is 2. The van der Waals surface area contributed by atoms with E-state index in [0.29, 0.717) is 5.69 Å². The lowest BCUT2D eigenvalue weighted by Gasteiger charge is -2.05. The summed E-state index contributed by atoms with van der Waals surface area (Å²) in [6.07, 6.45) is 4.53. The molecule has 3 N–H and O–H groups in total. The van der Waals surface area contributed by atoms with Crippen molar-refractivity contribution in [2.45, 2.75) is 6.92 Å². The zero-order valence-electron chi connectivity index (χ0n) is 8.48. The Balaban J connectivity index is 2.55. The third-order valence-corrected chi connectivity index (χ3v) is 1.95. The molecule has 0 bridgehead atoms. The van der Waals surface area contributed by atoms with Gasteiger partial charge >= 0.3 is 0 Å². The van der Waals surface area contributed by atoms with Gasteiger partial charge in [-0.3, -0.25) is 4.98 Å². The monoisotopic (exact) mass is 220 g/mol. The second kappa shape index (κ2) is 4.15. The minimum absolute atomic E-state index is 0.0619. The maximum absolute atomic E-state index is 13.4. The van der Waals surface area contributed by atoms with Crippen molar-refractivity contribution in [3.05, 3.63) is 30.1 Å². The summed E-state index contributed by atoms with van der Waals surface area (Å²) in [5.41, 5.74) is 2.83. The SMILES string of the molecule is Cc1nc(-c2cnccn2)nc(NN)c1F. The number of nitrogens with one attached hydrogen (secondary N) is 1. The van der Waals surface area contributed by atoms with E-state index in [9.17, 15) is 4.39 Å². The average molecular weight is 220 g/mol. The highest BCUT2D eigenvalue weighted by Crippen LogP contribution is 2.17. The van der Waals surface area contributed by atoms with Gasteiger partial charge in [0.1, 0.15) is 5.69 Å². The number of hydrazine groups is 1. The molecule has 7 heteroatoms.